The first-order valence-electron chi connectivity index (χ1n) is 14.3. The third kappa shape index (κ3) is 38.1. The van der Waals surface area contributed by atoms with Gasteiger partial charge in [-0.15, -0.1) is 0 Å². The summed E-state index contributed by atoms with van der Waals surface area (Å²) in [6.45, 7) is 7.85. The summed E-state index contributed by atoms with van der Waals surface area (Å²) < 4.78 is 42.7. The van der Waals surface area contributed by atoms with E-state index in [1.807, 2.05) is 0 Å². The van der Waals surface area contributed by atoms with Crippen LogP contribution in [0.15, 0.2) is 0 Å². The van der Waals surface area contributed by atoms with Gasteiger partial charge in [0.15, 0.2) is 0 Å². The summed E-state index contributed by atoms with van der Waals surface area (Å²) in [5.41, 5.74) is 0. The van der Waals surface area contributed by atoms with Crippen LogP contribution in [0.3, 0.4) is 0 Å². The molecule has 0 aromatic heterocycles. The van der Waals surface area contributed by atoms with E-state index in [2.05, 4.69) is 0 Å². The molecule has 53 heavy (non-hydrogen) atoms. The molecule has 23 heteroatoms. The second-order valence-electron chi connectivity index (χ2n) is 9.33. The van der Waals surface area contributed by atoms with Crippen LogP contribution in [0, 0.1) is 0 Å². The molecule has 0 radical (unpaired) electrons. The molecule has 0 saturated heterocycles. The summed E-state index contributed by atoms with van der Waals surface area (Å²) in [7, 11) is 12.3. The number of aliphatic carboxylic acids is 3. The molecule has 0 heterocycles. The molecule has 0 N–H and O–H groups in total. The average molecular weight is 805 g/mol. The first-order chi connectivity index (χ1) is 23.3. The molecule has 0 bridgehead atoms. The number of rotatable bonds is 18. The van der Waals surface area contributed by atoms with Crippen LogP contribution in [0.25, 0.3) is 0 Å². The molecule has 0 aromatic rings. The molecule has 0 fully saturated rings. The van der Waals surface area contributed by atoms with E-state index in [1.165, 1.54) is 106 Å². The van der Waals surface area contributed by atoms with Crippen LogP contribution in [-0.4, -0.2) is 170 Å². The predicted molar refractivity (Wildman–Crippen MR) is 172 cm³/mol. The van der Waals surface area contributed by atoms with Crippen molar-refractivity contribution in [3.05, 3.63) is 0 Å². The molecule has 0 aromatic carbocycles. The molecule has 0 saturated carbocycles. The monoisotopic (exact) mass is 804 g/mol. The molecular formula is C30H54Al2O21. The zero-order chi connectivity index (χ0) is 42.2. The van der Waals surface area contributed by atoms with Crippen molar-refractivity contribution < 1.29 is 102 Å². The van der Waals surface area contributed by atoms with Crippen molar-refractivity contribution in [2.45, 2.75) is 97.0 Å². The number of methoxy groups -OCH3 is 9. The quantitative estimate of drug-likeness (QED) is 0.0706. The maximum atomic E-state index is 10.9. The van der Waals surface area contributed by atoms with Crippen molar-refractivity contribution >= 4 is 70.0 Å². The fraction of sp³-hybridized carbons (Fsp3) is 0.800. The summed E-state index contributed by atoms with van der Waals surface area (Å²) in [6.07, 6.45) is -4.65. The van der Waals surface area contributed by atoms with Gasteiger partial charge >= 0.3 is 34.7 Å². The molecule has 0 aliphatic heterocycles. The molecule has 21 nitrogen and oxygen atoms in total. The Morgan fingerprint density at radius 1 is 0.396 bits per heavy atom. The third-order valence-electron chi connectivity index (χ3n) is 5.23. The topological polar surface area (TPSA) is 324 Å². The molecule has 0 aliphatic carbocycles. The third-order valence-corrected chi connectivity index (χ3v) is 5.23. The number of ketones is 3. The van der Waals surface area contributed by atoms with Gasteiger partial charge in [-0.3, -0.25) is 14.4 Å². The maximum absolute atomic E-state index is 10.9. The fourth-order valence-corrected chi connectivity index (χ4v) is 2.85. The molecular weight excluding hydrogens is 750 g/mol. The molecule has 3 unspecified atom stereocenters. The van der Waals surface area contributed by atoms with Crippen LogP contribution in [0.4, 0.5) is 0 Å². The number of carboxylic acid groups (broad SMARTS) is 3. The largest absolute Gasteiger partial charge is 3.00 e. The summed E-state index contributed by atoms with van der Waals surface area (Å²) in [5.74, 6) is -9.35. The Balaban J connectivity index is -0.0000000764. The van der Waals surface area contributed by atoms with E-state index >= 15 is 0 Å². The van der Waals surface area contributed by atoms with Crippen molar-refractivity contribution in [1.82, 2.24) is 0 Å². The van der Waals surface area contributed by atoms with E-state index in [4.69, 9.17) is 42.6 Å². The van der Waals surface area contributed by atoms with Crippen molar-refractivity contribution in [3.8, 4) is 0 Å². The van der Waals surface area contributed by atoms with Crippen molar-refractivity contribution in [2.24, 2.45) is 0 Å². The Kier molecular flexibility index (Phi) is 51.6. The summed E-state index contributed by atoms with van der Waals surface area (Å²) in [5, 5.41) is 61.0. The average Bonchev–Trinajstić information content (AvgIpc) is 3.00. The Bertz CT molecular complexity index is 769. The summed E-state index contributed by atoms with van der Waals surface area (Å²) >= 11 is 0. The summed E-state index contributed by atoms with van der Waals surface area (Å²) in [6, 6.07) is 0. The molecule has 306 valence electrons. The fourth-order valence-electron chi connectivity index (χ4n) is 2.85. The predicted octanol–water partition coefficient (Wildman–Crippen LogP) is -6.63. The Morgan fingerprint density at radius 3 is 0.509 bits per heavy atom. The normalized spacial score (nSPS) is 11.9. The van der Waals surface area contributed by atoms with E-state index in [-0.39, 0.29) is 52.1 Å². The van der Waals surface area contributed by atoms with Crippen LogP contribution in [0.1, 0.15) is 60.8 Å². The number of carbonyl (C=O) groups is 6. The zero-order valence-corrected chi connectivity index (χ0v) is 35.4. The number of carbonyl (C=O) groups excluding carboxylic acids is 6. The number of hydrogen-bond acceptors (Lipinski definition) is 21. The van der Waals surface area contributed by atoms with Gasteiger partial charge in [0.1, 0.15) is 17.3 Å². The number of Topliss-reactive ketones (excluding diaryl/α,β-unsaturated/α-hetero) is 3. The smallest absolute Gasteiger partial charge is 0.846 e. The second kappa shape index (κ2) is 39.7. The Morgan fingerprint density at radius 2 is 0.509 bits per heavy atom. The van der Waals surface area contributed by atoms with Gasteiger partial charge in [0, 0.05) is 101 Å². The zero-order valence-electron chi connectivity index (χ0n) is 33.1. The minimum atomic E-state index is -1.43. The number of ether oxygens (including phenoxy) is 9. The first kappa shape index (κ1) is 69.0. The van der Waals surface area contributed by atoms with E-state index in [1.54, 1.807) is 0 Å². The van der Waals surface area contributed by atoms with Gasteiger partial charge in [-0.1, -0.05) is 20.8 Å². The second-order valence-corrected chi connectivity index (χ2v) is 9.33. The van der Waals surface area contributed by atoms with Gasteiger partial charge in [-0.05, 0) is 39.1 Å². The van der Waals surface area contributed by atoms with E-state index < -0.39 is 73.4 Å². The van der Waals surface area contributed by atoms with Gasteiger partial charge in [-0.25, -0.2) is 0 Å². The molecule has 0 amide bonds. The van der Waals surface area contributed by atoms with Gasteiger partial charge in [0.25, 0.3) is 17.9 Å². The SMILES string of the molecule is CC(=O)CC(=O)[O-].CC(=O)CC(=O)[O-].CC(=O)CC(=O)[O-].COC(OC)(OC)C(C)[O-].COC(OC)(OC)C(C)[O-].COC(OC)(OC)C(C)[O-].[Al+3].[Al+3]. The standard InChI is InChI=1S/3C6H13O4.3C4H6O3.2Al/c3*1-5(7)6(8-2,9-3)10-4;3*1-3(5)2-4(6)7;;/h3*5H,1-4H3;3*2H2,1H3,(H,6,7);;/q3*-1;;;;2*+3/p-3. The van der Waals surface area contributed by atoms with Crippen LogP contribution < -0.4 is 30.6 Å². The van der Waals surface area contributed by atoms with Crippen molar-refractivity contribution in [3.63, 3.8) is 0 Å². The maximum Gasteiger partial charge on any atom is 3.00 e. The van der Waals surface area contributed by atoms with E-state index in [0.717, 1.165) is 0 Å². The number of carboxylic acids is 3. The van der Waals surface area contributed by atoms with Gasteiger partial charge in [-0.2, -0.15) is 0 Å². The van der Waals surface area contributed by atoms with Crippen LogP contribution in [0.2, 0.25) is 0 Å². The van der Waals surface area contributed by atoms with Crippen molar-refractivity contribution in [1.29, 1.82) is 0 Å². The molecule has 0 spiro atoms. The van der Waals surface area contributed by atoms with Gasteiger partial charge < -0.3 is 87.7 Å². The number of hydrogen-bond donors (Lipinski definition) is 0. The minimum Gasteiger partial charge on any atom is -0.846 e. The molecule has 3 atom stereocenters. The molecule has 0 aliphatic rings. The van der Waals surface area contributed by atoms with Gasteiger partial charge in [0.05, 0.1) is 0 Å². The van der Waals surface area contributed by atoms with Crippen molar-refractivity contribution in [2.75, 3.05) is 64.0 Å². The Hall–Kier alpha value is -2.00. The molecule has 0 rings (SSSR count). The van der Waals surface area contributed by atoms with E-state index in [9.17, 15) is 59.4 Å². The van der Waals surface area contributed by atoms with Crippen LogP contribution in [0.5, 0.6) is 0 Å². The van der Waals surface area contributed by atoms with Gasteiger partial charge in [0.2, 0.25) is 0 Å². The van der Waals surface area contributed by atoms with Crippen LogP contribution >= 0.6 is 0 Å². The Labute approximate surface area is 332 Å². The summed E-state index contributed by atoms with van der Waals surface area (Å²) in [4.78, 5) is 57.9. The first-order valence-corrected chi connectivity index (χ1v) is 14.3. The van der Waals surface area contributed by atoms with Crippen LogP contribution in [-0.2, 0) is 71.4 Å². The minimum absolute atomic E-state index is 0. The van der Waals surface area contributed by atoms with E-state index in [0.29, 0.717) is 0 Å².